The Balaban J connectivity index is 2.05. The first kappa shape index (κ1) is 34.7. The van der Waals surface area contributed by atoms with Crippen molar-refractivity contribution in [3.05, 3.63) is 76.8 Å². The molecule has 1 N–H and O–H groups in total. The van der Waals surface area contributed by atoms with E-state index in [4.69, 9.17) is 14.2 Å². The van der Waals surface area contributed by atoms with Crippen molar-refractivity contribution in [2.45, 2.75) is 51.1 Å². The third-order valence-electron chi connectivity index (χ3n) is 6.92. The van der Waals surface area contributed by atoms with E-state index < -0.39 is 28.5 Å². The minimum absolute atomic E-state index is 0.0957. The highest BCUT2D eigenvalue weighted by atomic mass is 79.9. The van der Waals surface area contributed by atoms with Crippen LogP contribution in [-0.4, -0.2) is 65.1 Å². The van der Waals surface area contributed by atoms with Crippen LogP contribution in [0.25, 0.3) is 0 Å². The van der Waals surface area contributed by atoms with Gasteiger partial charge in [0.2, 0.25) is 11.8 Å². The smallest absolute Gasteiger partial charge is 0.264 e. The maximum absolute atomic E-state index is 14.2. The van der Waals surface area contributed by atoms with Crippen LogP contribution in [0.1, 0.15) is 39.2 Å². The maximum Gasteiger partial charge on any atom is 0.264 e. The number of halogens is 1. The molecule has 0 aliphatic rings. The van der Waals surface area contributed by atoms with Crippen LogP contribution in [0.4, 0.5) is 5.69 Å². The van der Waals surface area contributed by atoms with Gasteiger partial charge in [0.15, 0.2) is 11.5 Å². The molecule has 1 atom stereocenters. The van der Waals surface area contributed by atoms with Gasteiger partial charge < -0.3 is 24.4 Å². The van der Waals surface area contributed by atoms with Crippen molar-refractivity contribution in [2.24, 2.45) is 0 Å². The Labute approximate surface area is 268 Å². The van der Waals surface area contributed by atoms with E-state index in [1.165, 1.54) is 37.3 Å². The molecule has 3 rings (SSSR count). The number of methoxy groups -OCH3 is 2. The number of hydrogen-bond acceptors (Lipinski definition) is 7. The number of unbranched alkanes of at least 4 members (excludes halogenated alkanes) is 1. The summed E-state index contributed by atoms with van der Waals surface area (Å²) in [4.78, 5) is 28.5. The van der Waals surface area contributed by atoms with Gasteiger partial charge in [0.1, 0.15) is 18.3 Å². The molecule has 2 amide bonds. The van der Waals surface area contributed by atoms with Crippen LogP contribution in [0.5, 0.6) is 17.2 Å². The van der Waals surface area contributed by atoms with E-state index >= 15 is 0 Å². The largest absolute Gasteiger partial charge is 0.494 e. The number of rotatable bonds is 16. The number of carbonyl (C=O) groups excluding carboxylic acids is 2. The van der Waals surface area contributed by atoms with Gasteiger partial charge in [-0.25, -0.2) is 8.42 Å². The molecule has 238 valence electrons. The maximum atomic E-state index is 14.2. The molecule has 0 saturated heterocycles. The van der Waals surface area contributed by atoms with E-state index in [-0.39, 0.29) is 28.8 Å². The van der Waals surface area contributed by atoms with Gasteiger partial charge in [0.25, 0.3) is 10.0 Å². The summed E-state index contributed by atoms with van der Waals surface area (Å²) in [7, 11) is -1.44. The van der Waals surface area contributed by atoms with Crippen LogP contribution in [0.15, 0.2) is 76.1 Å². The summed E-state index contributed by atoms with van der Waals surface area (Å²) < 4.78 is 46.4. The predicted molar refractivity (Wildman–Crippen MR) is 174 cm³/mol. The Kier molecular flexibility index (Phi) is 12.9. The highest BCUT2D eigenvalue weighted by Crippen LogP contribution is 2.33. The number of hydrogen-bond donors (Lipinski definition) is 1. The molecule has 0 fully saturated rings. The third-order valence-corrected chi connectivity index (χ3v) is 9.22. The van der Waals surface area contributed by atoms with Gasteiger partial charge in [-0.05, 0) is 74.4 Å². The Morgan fingerprint density at radius 2 is 1.59 bits per heavy atom. The average molecular weight is 691 g/mol. The monoisotopic (exact) mass is 689 g/mol. The van der Waals surface area contributed by atoms with E-state index in [1.54, 1.807) is 31.2 Å². The molecule has 0 aromatic heterocycles. The zero-order chi connectivity index (χ0) is 32.3. The second-order valence-corrected chi connectivity index (χ2v) is 12.7. The summed E-state index contributed by atoms with van der Waals surface area (Å²) in [5.74, 6) is 0.267. The minimum Gasteiger partial charge on any atom is -0.494 e. The summed E-state index contributed by atoms with van der Waals surface area (Å²) >= 11 is 3.42. The van der Waals surface area contributed by atoms with Crippen LogP contribution in [0.2, 0.25) is 0 Å². The van der Waals surface area contributed by atoms with Gasteiger partial charge in [-0.1, -0.05) is 41.4 Å². The first-order chi connectivity index (χ1) is 21.0. The lowest BCUT2D eigenvalue weighted by atomic mass is 10.1. The lowest BCUT2D eigenvalue weighted by Crippen LogP contribution is -2.51. The quantitative estimate of drug-likeness (QED) is 0.201. The van der Waals surface area contributed by atoms with Crippen molar-refractivity contribution >= 4 is 43.5 Å². The molecule has 0 aliphatic heterocycles. The summed E-state index contributed by atoms with van der Waals surface area (Å²) in [5.41, 5.74) is 1.03. The van der Waals surface area contributed by atoms with Crippen molar-refractivity contribution < 1.29 is 32.2 Å². The second-order valence-electron chi connectivity index (χ2n) is 9.92. The van der Waals surface area contributed by atoms with Crippen LogP contribution in [-0.2, 0) is 26.2 Å². The topological polar surface area (TPSA) is 114 Å². The molecular formula is C32H40BrN3O7S. The number of carbonyl (C=O) groups is 2. The molecule has 0 bridgehead atoms. The second kappa shape index (κ2) is 16.3. The van der Waals surface area contributed by atoms with E-state index in [9.17, 15) is 18.0 Å². The number of benzene rings is 3. The van der Waals surface area contributed by atoms with Crippen LogP contribution in [0.3, 0.4) is 0 Å². The number of nitrogens with zero attached hydrogens (tertiary/aromatic N) is 2. The van der Waals surface area contributed by atoms with Crippen molar-refractivity contribution in [3.8, 4) is 17.2 Å². The van der Waals surface area contributed by atoms with Gasteiger partial charge in [-0.3, -0.25) is 13.9 Å². The van der Waals surface area contributed by atoms with Gasteiger partial charge in [-0.2, -0.15) is 0 Å². The predicted octanol–water partition coefficient (Wildman–Crippen LogP) is 5.39. The normalized spacial score (nSPS) is 11.8. The first-order valence-electron chi connectivity index (χ1n) is 14.3. The number of anilines is 1. The van der Waals surface area contributed by atoms with Crippen molar-refractivity contribution in [2.75, 3.05) is 38.2 Å². The Bertz CT molecular complexity index is 1500. The van der Waals surface area contributed by atoms with Crippen molar-refractivity contribution in [1.29, 1.82) is 0 Å². The van der Waals surface area contributed by atoms with Gasteiger partial charge in [0.05, 0.1) is 31.4 Å². The van der Waals surface area contributed by atoms with E-state index in [0.29, 0.717) is 24.7 Å². The van der Waals surface area contributed by atoms with Crippen LogP contribution < -0.4 is 23.8 Å². The van der Waals surface area contributed by atoms with Crippen LogP contribution in [0, 0.1) is 0 Å². The summed E-state index contributed by atoms with van der Waals surface area (Å²) in [5, 5.41) is 2.88. The fraction of sp³-hybridized carbons (Fsp3) is 0.375. The van der Waals surface area contributed by atoms with Crippen molar-refractivity contribution in [3.63, 3.8) is 0 Å². The standard InChI is InChI=1S/C32H40BrN3O7S/c1-6-8-19-34-32(38)23(3)35(21-24-9-11-25(33)12-10-24)31(37)22-36(26-13-15-27(16-14-26)43-7-2)44(39,40)28-17-18-29(41-4)30(20-28)42-5/h9-18,20,23H,6-8,19,21-22H2,1-5H3,(H,34,38)/t23-/m0/s1. The Morgan fingerprint density at radius 1 is 0.932 bits per heavy atom. The number of sulfonamides is 1. The fourth-order valence-electron chi connectivity index (χ4n) is 4.41. The highest BCUT2D eigenvalue weighted by molar-refractivity contribution is 9.10. The van der Waals surface area contributed by atoms with Gasteiger partial charge in [-0.15, -0.1) is 0 Å². The zero-order valence-electron chi connectivity index (χ0n) is 25.7. The molecule has 44 heavy (non-hydrogen) atoms. The Hall–Kier alpha value is -3.77. The molecular weight excluding hydrogens is 650 g/mol. The lowest BCUT2D eigenvalue weighted by molar-refractivity contribution is -0.139. The molecule has 0 saturated carbocycles. The zero-order valence-corrected chi connectivity index (χ0v) is 28.1. The average Bonchev–Trinajstić information content (AvgIpc) is 3.03. The summed E-state index contributed by atoms with van der Waals surface area (Å²) in [6.07, 6.45) is 1.70. The molecule has 0 unspecified atom stereocenters. The molecule has 3 aromatic rings. The Morgan fingerprint density at radius 3 is 2.18 bits per heavy atom. The van der Waals surface area contributed by atoms with Gasteiger partial charge in [0, 0.05) is 23.6 Å². The molecule has 12 heteroatoms. The lowest BCUT2D eigenvalue weighted by Gasteiger charge is -2.32. The number of ether oxygens (including phenoxy) is 3. The SMILES string of the molecule is CCCCNC(=O)[C@H](C)N(Cc1ccc(Br)cc1)C(=O)CN(c1ccc(OCC)cc1)S(=O)(=O)c1ccc(OC)c(OC)c1. The molecule has 0 aliphatic carbocycles. The van der Waals surface area contributed by atoms with E-state index in [2.05, 4.69) is 21.2 Å². The summed E-state index contributed by atoms with van der Waals surface area (Å²) in [6, 6.07) is 17.2. The fourth-order valence-corrected chi connectivity index (χ4v) is 6.11. The molecule has 0 heterocycles. The van der Waals surface area contributed by atoms with Gasteiger partial charge >= 0.3 is 0 Å². The van der Waals surface area contributed by atoms with E-state index in [0.717, 1.165) is 27.2 Å². The molecule has 3 aromatic carbocycles. The van der Waals surface area contributed by atoms with E-state index in [1.807, 2.05) is 38.1 Å². The molecule has 10 nitrogen and oxygen atoms in total. The molecule has 0 spiro atoms. The van der Waals surface area contributed by atoms with Crippen LogP contribution >= 0.6 is 15.9 Å². The highest BCUT2D eigenvalue weighted by Gasteiger charge is 2.33. The minimum atomic E-state index is -4.30. The third kappa shape index (κ3) is 8.88. The first-order valence-corrected chi connectivity index (χ1v) is 16.6. The molecule has 0 radical (unpaired) electrons. The number of nitrogens with one attached hydrogen (secondary N) is 1. The summed E-state index contributed by atoms with van der Waals surface area (Å²) in [6.45, 7) is 5.96. The number of amides is 2. The van der Waals surface area contributed by atoms with Crippen molar-refractivity contribution in [1.82, 2.24) is 10.2 Å².